The molecule has 1 aliphatic rings. The number of rotatable bonds is 5. The topological polar surface area (TPSA) is 39.7 Å². The summed E-state index contributed by atoms with van der Waals surface area (Å²) in [5, 5.41) is 8.77. The molecule has 0 unspecified atom stereocenters. The third kappa shape index (κ3) is 5.24. The Morgan fingerprint density at radius 3 is 2.42 bits per heavy atom. The van der Waals surface area contributed by atoms with Crippen LogP contribution in [-0.4, -0.2) is 26.1 Å². The molecule has 2 N–H and O–H groups in total. The molecule has 0 atom stereocenters. The second-order valence-corrected chi connectivity index (χ2v) is 6.43. The molecule has 1 aromatic carbocycles. The summed E-state index contributed by atoms with van der Waals surface area (Å²) in [7, 11) is 1.80. The Balaban J connectivity index is 0.00000208. The Kier molecular flexibility index (Phi) is 7.58. The van der Waals surface area contributed by atoms with Crippen molar-refractivity contribution in [2.24, 2.45) is 4.99 Å². The zero-order chi connectivity index (χ0) is 15.9. The summed E-state index contributed by atoms with van der Waals surface area (Å²) >= 11 is 1.75. The molecule has 0 radical (unpaired) electrons. The fourth-order valence-corrected chi connectivity index (χ4v) is 3.15. The molecule has 6 heteroatoms. The molecule has 0 saturated heterocycles. The van der Waals surface area contributed by atoms with Crippen molar-refractivity contribution < 1.29 is 0 Å². The molecular formula is C18H23IN4S. The van der Waals surface area contributed by atoms with Crippen LogP contribution in [0.25, 0.3) is 0 Å². The summed E-state index contributed by atoms with van der Waals surface area (Å²) in [6, 6.07) is 12.9. The van der Waals surface area contributed by atoms with Crippen LogP contribution >= 0.6 is 35.3 Å². The van der Waals surface area contributed by atoms with Crippen molar-refractivity contribution >= 4 is 47.0 Å². The summed E-state index contributed by atoms with van der Waals surface area (Å²) in [4.78, 5) is 7.91. The van der Waals surface area contributed by atoms with Crippen LogP contribution in [0.4, 0.5) is 5.69 Å². The fraction of sp³-hybridized carbons (Fsp3) is 0.278. The van der Waals surface area contributed by atoms with E-state index in [1.165, 1.54) is 16.1 Å². The molecule has 0 bridgehead atoms. The maximum absolute atomic E-state index is 4.27. The lowest BCUT2D eigenvalue weighted by Gasteiger charge is -2.18. The average Bonchev–Trinajstić information content (AvgIpc) is 3.29. The molecule has 3 rings (SSSR count). The molecule has 4 nitrogen and oxygen atoms in total. The van der Waals surface area contributed by atoms with Crippen molar-refractivity contribution in [2.75, 3.05) is 25.0 Å². The predicted octanol–water partition coefficient (Wildman–Crippen LogP) is 3.61. The number of halogens is 1. The van der Waals surface area contributed by atoms with Crippen molar-refractivity contribution in [3.63, 3.8) is 0 Å². The Hall–Kier alpha value is -1.54. The molecule has 2 aromatic rings. The van der Waals surface area contributed by atoms with Gasteiger partial charge in [0.1, 0.15) is 0 Å². The van der Waals surface area contributed by atoms with Crippen molar-refractivity contribution in [3.8, 4) is 0 Å². The normalized spacial score (nSPS) is 13.7. The van der Waals surface area contributed by atoms with Gasteiger partial charge >= 0.3 is 0 Å². The first-order valence-corrected chi connectivity index (χ1v) is 8.69. The van der Waals surface area contributed by atoms with E-state index in [2.05, 4.69) is 74.5 Å². The number of aliphatic imine (C=N–C) groups is 1. The van der Waals surface area contributed by atoms with E-state index in [1.807, 2.05) is 0 Å². The number of guanidine groups is 1. The van der Waals surface area contributed by atoms with E-state index in [0.29, 0.717) is 0 Å². The fourth-order valence-electron chi connectivity index (χ4n) is 2.50. The van der Waals surface area contributed by atoms with E-state index in [4.69, 9.17) is 0 Å². The number of nitrogens with one attached hydrogen (secondary N) is 2. The van der Waals surface area contributed by atoms with Gasteiger partial charge in [0.05, 0.1) is 6.54 Å². The molecule has 1 aliphatic heterocycles. The van der Waals surface area contributed by atoms with Gasteiger partial charge in [0.15, 0.2) is 5.96 Å². The first-order chi connectivity index (χ1) is 11.3. The van der Waals surface area contributed by atoms with E-state index in [9.17, 15) is 0 Å². The summed E-state index contributed by atoms with van der Waals surface area (Å²) in [5.41, 5.74) is 2.53. The number of hydrogen-bond donors (Lipinski definition) is 2. The third-order valence-corrected chi connectivity index (χ3v) is 4.69. The van der Waals surface area contributed by atoms with Gasteiger partial charge in [0.25, 0.3) is 0 Å². The Bertz CT molecular complexity index is 657. The summed E-state index contributed by atoms with van der Waals surface area (Å²) in [6.45, 7) is 3.59. The van der Waals surface area contributed by atoms with Gasteiger partial charge in [0, 0.05) is 37.2 Å². The van der Waals surface area contributed by atoms with E-state index in [1.54, 1.807) is 18.4 Å². The maximum atomic E-state index is 4.27. The standard InChI is InChI=1S/C18H22N4S.HI/c1-19-18(21-14-17-5-4-12-23-17)20-13-15-6-8-16(9-7-15)22-10-2-3-11-22;/h2-9,12H,10-11,13-14H2,1H3,(H2,19,20,21);1H. The first-order valence-electron chi connectivity index (χ1n) is 7.81. The van der Waals surface area contributed by atoms with Crippen LogP contribution in [0.1, 0.15) is 10.4 Å². The second-order valence-electron chi connectivity index (χ2n) is 5.40. The highest BCUT2D eigenvalue weighted by molar-refractivity contribution is 14.0. The van der Waals surface area contributed by atoms with Crippen molar-refractivity contribution in [1.82, 2.24) is 10.6 Å². The molecule has 24 heavy (non-hydrogen) atoms. The molecule has 0 spiro atoms. The van der Waals surface area contributed by atoms with E-state index >= 15 is 0 Å². The molecule has 0 aliphatic carbocycles. The quantitative estimate of drug-likeness (QED) is 0.314. The Labute approximate surface area is 164 Å². The van der Waals surface area contributed by atoms with Crippen LogP contribution in [0.5, 0.6) is 0 Å². The Morgan fingerprint density at radius 2 is 1.79 bits per heavy atom. The smallest absolute Gasteiger partial charge is 0.191 e. The van der Waals surface area contributed by atoms with Gasteiger partial charge in [0.2, 0.25) is 0 Å². The van der Waals surface area contributed by atoms with Crippen LogP contribution in [-0.2, 0) is 13.1 Å². The van der Waals surface area contributed by atoms with E-state index < -0.39 is 0 Å². The minimum absolute atomic E-state index is 0. The van der Waals surface area contributed by atoms with E-state index in [0.717, 1.165) is 32.1 Å². The molecule has 128 valence electrons. The average molecular weight is 454 g/mol. The highest BCUT2D eigenvalue weighted by atomic mass is 127. The maximum Gasteiger partial charge on any atom is 0.191 e. The van der Waals surface area contributed by atoms with Crippen LogP contribution in [0, 0.1) is 0 Å². The molecule has 0 saturated carbocycles. The summed E-state index contributed by atoms with van der Waals surface area (Å²) in [6.07, 6.45) is 4.41. The number of thiophene rings is 1. The van der Waals surface area contributed by atoms with Gasteiger partial charge in [-0.1, -0.05) is 30.4 Å². The third-order valence-electron chi connectivity index (χ3n) is 3.81. The minimum Gasteiger partial charge on any atom is -0.364 e. The Morgan fingerprint density at radius 1 is 1.08 bits per heavy atom. The highest BCUT2D eigenvalue weighted by Crippen LogP contribution is 2.17. The van der Waals surface area contributed by atoms with Gasteiger partial charge < -0.3 is 15.5 Å². The summed E-state index contributed by atoms with van der Waals surface area (Å²) < 4.78 is 0. The zero-order valence-corrected chi connectivity index (χ0v) is 16.9. The lowest BCUT2D eigenvalue weighted by atomic mass is 10.2. The highest BCUT2D eigenvalue weighted by Gasteiger charge is 2.07. The lowest BCUT2D eigenvalue weighted by molar-refractivity contribution is 0.815. The van der Waals surface area contributed by atoms with Crippen LogP contribution in [0.3, 0.4) is 0 Å². The molecule has 0 amide bonds. The number of anilines is 1. The van der Waals surface area contributed by atoms with Crippen molar-refractivity contribution in [1.29, 1.82) is 0 Å². The number of nitrogens with zero attached hydrogens (tertiary/aromatic N) is 2. The van der Waals surface area contributed by atoms with Crippen LogP contribution in [0.2, 0.25) is 0 Å². The van der Waals surface area contributed by atoms with Gasteiger partial charge in [-0.15, -0.1) is 35.3 Å². The van der Waals surface area contributed by atoms with Crippen LogP contribution in [0.15, 0.2) is 58.9 Å². The predicted molar refractivity (Wildman–Crippen MR) is 115 cm³/mol. The summed E-state index contributed by atoms with van der Waals surface area (Å²) in [5.74, 6) is 0.825. The van der Waals surface area contributed by atoms with Crippen LogP contribution < -0.4 is 15.5 Å². The second kappa shape index (κ2) is 9.68. The first kappa shape index (κ1) is 18.8. The van der Waals surface area contributed by atoms with E-state index in [-0.39, 0.29) is 24.0 Å². The van der Waals surface area contributed by atoms with Gasteiger partial charge in [-0.05, 0) is 29.1 Å². The van der Waals surface area contributed by atoms with Gasteiger partial charge in [-0.25, -0.2) is 0 Å². The molecule has 0 fully saturated rings. The van der Waals surface area contributed by atoms with Crippen molar-refractivity contribution in [2.45, 2.75) is 13.1 Å². The monoisotopic (exact) mass is 454 g/mol. The van der Waals surface area contributed by atoms with Gasteiger partial charge in [-0.2, -0.15) is 0 Å². The van der Waals surface area contributed by atoms with Crippen molar-refractivity contribution in [3.05, 3.63) is 64.4 Å². The molecule has 2 heterocycles. The zero-order valence-electron chi connectivity index (χ0n) is 13.7. The lowest BCUT2D eigenvalue weighted by Crippen LogP contribution is -2.36. The molecule has 1 aromatic heterocycles. The number of benzene rings is 1. The number of hydrogen-bond acceptors (Lipinski definition) is 3. The largest absolute Gasteiger partial charge is 0.364 e. The SMILES string of the molecule is CN=C(NCc1ccc(N2CC=CC2)cc1)NCc1cccs1.I. The van der Waals surface area contributed by atoms with Gasteiger partial charge in [-0.3, -0.25) is 4.99 Å². The molecular weight excluding hydrogens is 431 g/mol. The minimum atomic E-state index is 0.